The van der Waals surface area contributed by atoms with Gasteiger partial charge in [0.2, 0.25) is 0 Å². The number of carbonyl (C=O) groups is 1. The fourth-order valence-electron chi connectivity index (χ4n) is 2.16. The lowest BCUT2D eigenvalue weighted by Crippen LogP contribution is -2.39. The van der Waals surface area contributed by atoms with Crippen molar-refractivity contribution in [2.75, 3.05) is 5.32 Å². The number of anilines is 1. The zero-order chi connectivity index (χ0) is 12.7. The second-order valence-corrected chi connectivity index (χ2v) is 4.14. The summed E-state index contributed by atoms with van der Waals surface area (Å²) in [6.07, 6.45) is 1.66. The topological polar surface area (TPSA) is 59.0 Å². The van der Waals surface area contributed by atoms with Crippen LogP contribution in [0.15, 0.2) is 30.5 Å². The summed E-state index contributed by atoms with van der Waals surface area (Å²) in [5.74, 6) is -0.375. The molecule has 2 aromatic rings. The predicted octanol–water partition coefficient (Wildman–Crippen LogP) is 1.78. The summed E-state index contributed by atoms with van der Waals surface area (Å²) in [5.41, 5.74) is 2.15. The summed E-state index contributed by atoms with van der Waals surface area (Å²) >= 11 is 0. The van der Waals surface area contributed by atoms with Gasteiger partial charge in [0.05, 0.1) is 17.4 Å². The van der Waals surface area contributed by atoms with Crippen LogP contribution in [0.5, 0.6) is 0 Å². The molecule has 5 nitrogen and oxygen atoms in total. The Bertz CT molecular complexity index is 622. The Morgan fingerprint density at radius 1 is 1.39 bits per heavy atom. The van der Waals surface area contributed by atoms with Crippen molar-refractivity contribution in [2.45, 2.75) is 6.04 Å². The highest BCUT2D eigenvalue weighted by Crippen LogP contribution is 2.31. The first-order chi connectivity index (χ1) is 8.65. The number of carbonyl (C=O) groups excluding carboxylic acids is 1. The van der Waals surface area contributed by atoms with E-state index >= 15 is 0 Å². The first-order valence-electron chi connectivity index (χ1n) is 5.50. The van der Waals surface area contributed by atoms with E-state index in [1.165, 1.54) is 12.1 Å². The van der Waals surface area contributed by atoms with Crippen LogP contribution in [0.4, 0.5) is 14.9 Å². The van der Waals surface area contributed by atoms with Crippen LogP contribution in [-0.2, 0) is 7.05 Å². The largest absolute Gasteiger partial charge is 0.325 e. The van der Waals surface area contributed by atoms with E-state index < -0.39 is 0 Å². The van der Waals surface area contributed by atoms with E-state index in [0.29, 0.717) is 5.69 Å². The molecule has 1 atom stereocenters. The Hall–Kier alpha value is -2.37. The van der Waals surface area contributed by atoms with Gasteiger partial charge in [-0.2, -0.15) is 5.10 Å². The molecule has 1 unspecified atom stereocenters. The van der Waals surface area contributed by atoms with Crippen LogP contribution in [0.25, 0.3) is 0 Å². The number of fused-ring (bicyclic) bond motifs is 1. The maximum Gasteiger partial charge on any atom is 0.320 e. The van der Waals surface area contributed by atoms with Crippen molar-refractivity contribution in [3.8, 4) is 0 Å². The molecule has 92 valence electrons. The first-order valence-corrected chi connectivity index (χ1v) is 5.50. The van der Waals surface area contributed by atoms with Gasteiger partial charge in [0.15, 0.2) is 0 Å². The number of rotatable bonds is 1. The Morgan fingerprint density at radius 2 is 2.22 bits per heavy atom. The van der Waals surface area contributed by atoms with Gasteiger partial charge in [-0.25, -0.2) is 9.18 Å². The highest BCUT2D eigenvalue weighted by molar-refractivity contribution is 5.93. The maximum atomic E-state index is 13.2. The predicted molar refractivity (Wildman–Crippen MR) is 63.6 cm³/mol. The minimum Gasteiger partial charge on any atom is -0.325 e. The summed E-state index contributed by atoms with van der Waals surface area (Å²) < 4.78 is 14.9. The Labute approximate surface area is 103 Å². The third-order valence-corrected chi connectivity index (χ3v) is 3.00. The van der Waals surface area contributed by atoms with Crippen molar-refractivity contribution in [1.82, 2.24) is 15.1 Å². The van der Waals surface area contributed by atoms with E-state index in [-0.39, 0.29) is 17.9 Å². The zero-order valence-corrected chi connectivity index (χ0v) is 9.64. The molecule has 1 aromatic heterocycles. The van der Waals surface area contributed by atoms with Crippen LogP contribution in [0.2, 0.25) is 0 Å². The van der Waals surface area contributed by atoms with Crippen LogP contribution in [-0.4, -0.2) is 15.8 Å². The number of hydrogen-bond donors (Lipinski definition) is 2. The molecule has 2 amide bonds. The van der Waals surface area contributed by atoms with E-state index in [9.17, 15) is 9.18 Å². The van der Waals surface area contributed by atoms with E-state index in [1.54, 1.807) is 24.0 Å². The molecule has 0 radical (unpaired) electrons. The molecule has 6 heteroatoms. The van der Waals surface area contributed by atoms with Crippen LogP contribution in [0.1, 0.15) is 17.3 Å². The second-order valence-electron chi connectivity index (χ2n) is 4.14. The smallest absolute Gasteiger partial charge is 0.320 e. The van der Waals surface area contributed by atoms with Crippen molar-refractivity contribution < 1.29 is 9.18 Å². The van der Waals surface area contributed by atoms with Crippen molar-refractivity contribution in [3.63, 3.8) is 0 Å². The van der Waals surface area contributed by atoms with Gasteiger partial charge >= 0.3 is 6.03 Å². The molecule has 0 spiro atoms. The third kappa shape index (κ3) is 1.62. The summed E-state index contributed by atoms with van der Waals surface area (Å²) in [6, 6.07) is 5.51. The molecule has 0 aliphatic carbocycles. The molecular formula is C12H11FN4O. The van der Waals surface area contributed by atoms with E-state index in [2.05, 4.69) is 15.7 Å². The average Bonchev–Trinajstić information content (AvgIpc) is 2.73. The quantitative estimate of drug-likeness (QED) is 0.805. The summed E-state index contributed by atoms with van der Waals surface area (Å²) in [6.45, 7) is 0. The van der Waals surface area contributed by atoms with E-state index in [4.69, 9.17) is 0 Å². The molecule has 0 saturated carbocycles. The lowest BCUT2D eigenvalue weighted by molar-refractivity contribution is 0.248. The van der Waals surface area contributed by atoms with Crippen LogP contribution < -0.4 is 10.6 Å². The lowest BCUT2D eigenvalue weighted by atomic mass is 9.99. The van der Waals surface area contributed by atoms with Gasteiger partial charge in [-0.05, 0) is 18.2 Å². The van der Waals surface area contributed by atoms with Crippen LogP contribution >= 0.6 is 0 Å². The average molecular weight is 246 g/mol. The minimum atomic E-state index is -0.375. The van der Waals surface area contributed by atoms with E-state index in [1.807, 2.05) is 6.07 Å². The molecule has 1 aromatic carbocycles. The van der Waals surface area contributed by atoms with Crippen molar-refractivity contribution >= 4 is 11.7 Å². The van der Waals surface area contributed by atoms with Crippen LogP contribution in [0.3, 0.4) is 0 Å². The van der Waals surface area contributed by atoms with Crippen molar-refractivity contribution in [2.24, 2.45) is 7.05 Å². The van der Waals surface area contributed by atoms with Gasteiger partial charge in [-0.15, -0.1) is 0 Å². The van der Waals surface area contributed by atoms with E-state index in [0.717, 1.165) is 11.3 Å². The second kappa shape index (κ2) is 3.83. The van der Waals surface area contributed by atoms with Gasteiger partial charge in [0.25, 0.3) is 0 Å². The standard InChI is InChI=1S/C12H11FN4O/c1-17-10(4-5-14-17)11-8-3-2-7(13)6-9(8)15-12(18)16-11/h2-6,11H,1H3,(H2,15,16,18). The summed E-state index contributed by atoms with van der Waals surface area (Å²) in [4.78, 5) is 11.6. The van der Waals surface area contributed by atoms with Gasteiger partial charge in [0.1, 0.15) is 5.82 Å². The fraction of sp³-hybridized carbons (Fsp3) is 0.167. The summed E-state index contributed by atoms with van der Waals surface area (Å²) in [5, 5.41) is 9.47. The first kappa shape index (κ1) is 10.8. The van der Waals surface area contributed by atoms with Crippen molar-refractivity contribution in [1.29, 1.82) is 0 Å². The Kier molecular flexibility index (Phi) is 2.29. The molecule has 1 aliphatic rings. The van der Waals surface area contributed by atoms with Gasteiger partial charge in [-0.3, -0.25) is 4.68 Å². The number of amides is 2. The number of halogens is 1. The zero-order valence-electron chi connectivity index (χ0n) is 9.64. The molecule has 0 saturated heterocycles. The number of nitrogens with zero attached hydrogens (tertiary/aromatic N) is 2. The molecule has 2 heterocycles. The summed E-state index contributed by atoms with van der Waals surface area (Å²) in [7, 11) is 1.80. The molecular weight excluding hydrogens is 235 g/mol. The van der Waals surface area contributed by atoms with Gasteiger partial charge in [0, 0.05) is 18.8 Å². The van der Waals surface area contributed by atoms with Crippen LogP contribution in [0, 0.1) is 5.82 Å². The van der Waals surface area contributed by atoms with Crippen molar-refractivity contribution in [3.05, 3.63) is 47.5 Å². The molecule has 0 fully saturated rings. The third-order valence-electron chi connectivity index (χ3n) is 3.00. The molecule has 1 aliphatic heterocycles. The van der Waals surface area contributed by atoms with Gasteiger partial charge in [-0.1, -0.05) is 6.07 Å². The molecule has 0 bridgehead atoms. The SMILES string of the molecule is Cn1nccc1C1NC(=O)Nc2cc(F)ccc21. The number of aryl methyl sites for hydroxylation is 1. The fourth-order valence-corrected chi connectivity index (χ4v) is 2.16. The minimum absolute atomic E-state index is 0.318. The number of nitrogens with one attached hydrogen (secondary N) is 2. The molecule has 3 rings (SSSR count). The van der Waals surface area contributed by atoms with Gasteiger partial charge < -0.3 is 10.6 Å². The maximum absolute atomic E-state index is 13.2. The Morgan fingerprint density at radius 3 is 2.94 bits per heavy atom. The number of aromatic nitrogens is 2. The molecule has 18 heavy (non-hydrogen) atoms. The number of benzene rings is 1. The highest BCUT2D eigenvalue weighted by Gasteiger charge is 2.27. The molecule has 2 N–H and O–H groups in total. The highest BCUT2D eigenvalue weighted by atomic mass is 19.1. The number of hydrogen-bond acceptors (Lipinski definition) is 2. The monoisotopic (exact) mass is 246 g/mol. The lowest BCUT2D eigenvalue weighted by Gasteiger charge is -2.27. The normalized spacial score (nSPS) is 17.9. The number of urea groups is 1. The Balaban J connectivity index is 2.13.